The predicted octanol–water partition coefficient (Wildman–Crippen LogP) is 1.53. The zero-order chi connectivity index (χ0) is 12.2. The molecule has 0 saturated carbocycles. The van der Waals surface area contributed by atoms with Crippen LogP contribution < -0.4 is 5.73 Å². The lowest BCUT2D eigenvalue weighted by Crippen LogP contribution is -2.49. The van der Waals surface area contributed by atoms with E-state index in [0.717, 1.165) is 19.6 Å². The average molecular weight is 227 g/mol. The molecule has 1 unspecified atom stereocenters. The van der Waals surface area contributed by atoms with E-state index in [2.05, 4.69) is 37.6 Å². The molecular weight excluding hydrogens is 198 g/mol. The lowest BCUT2D eigenvalue weighted by Gasteiger charge is -2.38. The fourth-order valence-corrected chi connectivity index (χ4v) is 2.43. The summed E-state index contributed by atoms with van der Waals surface area (Å²) >= 11 is 0. The molecule has 0 radical (unpaired) electrons. The van der Waals surface area contributed by atoms with Crippen LogP contribution in [0.1, 0.15) is 40.0 Å². The lowest BCUT2D eigenvalue weighted by molar-refractivity contribution is 0.114. The second kappa shape index (κ2) is 5.99. The molecule has 0 aromatic carbocycles. The van der Waals surface area contributed by atoms with Gasteiger partial charge in [-0.2, -0.15) is 0 Å². The predicted molar refractivity (Wildman–Crippen MR) is 70.6 cm³/mol. The molecule has 96 valence electrons. The Morgan fingerprint density at radius 2 is 2.06 bits per heavy atom. The largest absolute Gasteiger partial charge is 0.329 e. The van der Waals surface area contributed by atoms with E-state index in [0.29, 0.717) is 11.6 Å². The summed E-state index contributed by atoms with van der Waals surface area (Å²) in [5.74, 6) is 0. The Hall–Kier alpha value is -0.120. The number of nitrogens with zero attached hydrogens (tertiary/aromatic N) is 2. The molecule has 0 aromatic heterocycles. The first kappa shape index (κ1) is 13.9. The highest BCUT2D eigenvalue weighted by molar-refractivity contribution is 4.90. The average Bonchev–Trinajstić information content (AvgIpc) is 2.35. The first-order valence-corrected chi connectivity index (χ1v) is 6.66. The molecule has 3 nitrogen and oxygen atoms in total. The summed E-state index contributed by atoms with van der Waals surface area (Å²) in [4.78, 5) is 5.06. The van der Waals surface area contributed by atoms with Crippen molar-refractivity contribution in [2.75, 3.05) is 33.2 Å². The van der Waals surface area contributed by atoms with E-state index in [9.17, 15) is 0 Å². The third-order valence-corrected chi connectivity index (χ3v) is 4.04. The van der Waals surface area contributed by atoms with Crippen LogP contribution >= 0.6 is 0 Å². The minimum absolute atomic E-state index is 0.327. The number of unbranched alkanes of at least 4 members (excludes halogenated alkanes) is 1. The monoisotopic (exact) mass is 227 g/mol. The second-order valence-electron chi connectivity index (χ2n) is 5.73. The van der Waals surface area contributed by atoms with Gasteiger partial charge in [0.15, 0.2) is 0 Å². The van der Waals surface area contributed by atoms with Crippen molar-refractivity contribution >= 4 is 0 Å². The van der Waals surface area contributed by atoms with Crippen molar-refractivity contribution in [3.8, 4) is 0 Å². The number of nitrogens with two attached hydrogens (primary N) is 1. The van der Waals surface area contributed by atoms with E-state index in [-0.39, 0.29) is 0 Å². The van der Waals surface area contributed by atoms with Gasteiger partial charge < -0.3 is 10.6 Å². The fraction of sp³-hybridized carbons (Fsp3) is 1.00. The normalized spacial score (nSPS) is 27.9. The molecule has 0 bridgehead atoms. The Morgan fingerprint density at radius 1 is 1.38 bits per heavy atom. The van der Waals surface area contributed by atoms with Crippen LogP contribution in [0.2, 0.25) is 0 Å². The maximum atomic E-state index is 5.87. The van der Waals surface area contributed by atoms with E-state index in [1.165, 1.54) is 25.8 Å². The maximum Gasteiger partial charge on any atom is 0.0342 e. The van der Waals surface area contributed by atoms with Crippen molar-refractivity contribution in [1.29, 1.82) is 0 Å². The van der Waals surface area contributed by atoms with Gasteiger partial charge in [-0.25, -0.2) is 0 Å². The molecule has 1 fully saturated rings. The summed E-state index contributed by atoms with van der Waals surface area (Å²) < 4.78 is 0. The summed E-state index contributed by atoms with van der Waals surface area (Å²) in [6.07, 6.45) is 3.81. The summed E-state index contributed by atoms with van der Waals surface area (Å²) in [5.41, 5.74) is 6.20. The molecule has 0 amide bonds. The Balaban J connectivity index is 2.68. The highest BCUT2D eigenvalue weighted by Crippen LogP contribution is 2.24. The van der Waals surface area contributed by atoms with Gasteiger partial charge >= 0.3 is 0 Å². The summed E-state index contributed by atoms with van der Waals surface area (Å²) in [5, 5.41) is 0. The van der Waals surface area contributed by atoms with Gasteiger partial charge in [0.05, 0.1) is 0 Å². The van der Waals surface area contributed by atoms with Crippen molar-refractivity contribution in [2.24, 2.45) is 5.73 Å². The molecule has 1 rings (SSSR count). The molecule has 0 aromatic rings. The zero-order valence-electron chi connectivity index (χ0n) is 11.5. The molecule has 1 aliphatic heterocycles. The van der Waals surface area contributed by atoms with Gasteiger partial charge in [-0.1, -0.05) is 13.3 Å². The van der Waals surface area contributed by atoms with Crippen LogP contribution in [-0.2, 0) is 0 Å². The number of hydrogen-bond donors (Lipinski definition) is 1. The van der Waals surface area contributed by atoms with Crippen LogP contribution in [0.5, 0.6) is 0 Å². The fourth-order valence-electron chi connectivity index (χ4n) is 2.43. The van der Waals surface area contributed by atoms with Gasteiger partial charge in [0.1, 0.15) is 0 Å². The quantitative estimate of drug-likeness (QED) is 0.790. The van der Waals surface area contributed by atoms with Gasteiger partial charge in [0, 0.05) is 24.7 Å². The summed E-state index contributed by atoms with van der Waals surface area (Å²) in [7, 11) is 2.21. The number of rotatable bonds is 4. The Bertz CT molecular complexity index is 203. The van der Waals surface area contributed by atoms with Gasteiger partial charge in [-0.05, 0) is 46.8 Å². The summed E-state index contributed by atoms with van der Waals surface area (Å²) in [6.45, 7) is 11.3. The van der Waals surface area contributed by atoms with Crippen LogP contribution in [0, 0.1) is 0 Å². The number of hydrogen-bond acceptors (Lipinski definition) is 3. The van der Waals surface area contributed by atoms with Gasteiger partial charge in [0.2, 0.25) is 0 Å². The van der Waals surface area contributed by atoms with Gasteiger partial charge in [-0.15, -0.1) is 0 Å². The van der Waals surface area contributed by atoms with E-state index in [4.69, 9.17) is 5.73 Å². The maximum absolute atomic E-state index is 5.87. The Kier molecular flexibility index (Phi) is 5.22. The SMILES string of the molecule is CCCCN1CC(CN)N(C)CCC1(C)C. The van der Waals surface area contributed by atoms with Crippen LogP contribution in [0.15, 0.2) is 0 Å². The molecule has 1 aliphatic rings. The molecule has 1 saturated heterocycles. The molecule has 1 atom stereocenters. The Morgan fingerprint density at radius 3 is 2.62 bits per heavy atom. The minimum Gasteiger partial charge on any atom is -0.329 e. The van der Waals surface area contributed by atoms with Gasteiger partial charge in [0.25, 0.3) is 0 Å². The molecule has 0 spiro atoms. The van der Waals surface area contributed by atoms with Crippen LogP contribution in [0.25, 0.3) is 0 Å². The van der Waals surface area contributed by atoms with Crippen molar-refractivity contribution in [2.45, 2.75) is 51.6 Å². The molecule has 16 heavy (non-hydrogen) atoms. The minimum atomic E-state index is 0.327. The van der Waals surface area contributed by atoms with E-state index in [1.54, 1.807) is 0 Å². The second-order valence-corrected chi connectivity index (χ2v) is 5.73. The lowest BCUT2D eigenvalue weighted by atomic mass is 9.98. The molecule has 3 heteroatoms. The van der Waals surface area contributed by atoms with Crippen molar-refractivity contribution in [1.82, 2.24) is 9.80 Å². The highest BCUT2D eigenvalue weighted by Gasteiger charge is 2.32. The van der Waals surface area contributed by atoms with Crippen molar-refractivity contribution in [3.05, 3.63) is 0 Å². The topological polar surface area (TPSA) is 32.5 Å². The first-order chi connectivity index (χ1) is 7.51. The van der Waals surface area contributed by atoms with Gasteiger partial charge in [-0.3, -0.25) is 4.90 Å². The standard InChI is InChI=1S/C13H29N3/c1-5-6-8-16-11-12(10-14)15(4)9-7-13(16,2)3/h12H,5-11,14H2,1-4H3. The van der Waals surface area contributed by atoms with Crippen LogP contribution in [-0.4, -0.2) is 54.6 Å². The third kappa shape index (κ3) is 3.44. The third-order valence-electron chi connectivity index (χ3n) is 4.04. The Labute approximate surface area is 101 Å². The molecule has 2 N–H and O–H groups in total. The molecular formula is C13H29N3. The van der Waals surface area contributed by atoms with E-state index in [1.807, 2.05) is 0 Å². The molecule has 1 heterocycles. The summed E-state index contributed by atoms with van der Waals surface area (Å²) in [6, 6.07) is 0.527. The van der Waals surface area contributed by atoms with E-state index < -0.39 is 0 Å². The molecule has 0 aliphatic carbocycles. The van der Waals surface area contributed by atoms with Crippen molar-refractivity contribution < 1.29 is 0 Å². The van der Waals surface area contributed by atoms with Crippen LogP contribution in [0.4, 0.5) is 0 Å². The highest BCUT2D eigenvalue weighted by atomic mass is 15.3. The number of likely N-dealkylation sites (N-methyl/N-ethyl adjacent to an activating group) is 1. The van der Waals surface area contributed by atoms with Crippen LogP contribution in [0.3, 0.4) is 0 Å². The smallest absolute Gasteiger partial charge is 0.0342 e. The zero-order valence-corrected chi connectivity index (χ0v) is 11.5. The first-order valence-electron chi connectivity index (χ1n) is 6.66. The van der Waals surface area contributed by atoms with E-state index >= 15 is 0 Å². The van der Waals surface area contributed by atoms with Crippen molar-refractivity contribution in [3.63, 3.8) is 0 Å².